The van der Waals surface area contributed by atoms with E-state index in [1.54, 1.807) is 0 Å². The molecule has 0 saturated carbocycles. The maximum absolute atomic E-state index is 5.41. The van der Waals surface area contributed by atoms with Crippen molar-refractivity contribution in [2.75, 3.05) is 40.4 Å². The molecular formula is C14H30N2O. The highest BCUT2D eigenvalue weighted by molar-refractivity contribution is 4.83. The molecule has 0 aromatic rings. The molecule has 0 bridgehead atoms. The Morgan fingerprint density at radius 3 is 2.47 bits per heavy atom. The van der Waals surface area contributed by atoms with Crippen molar-refractivity contribution in [2.24, 2.45) is 11.3 Å². The van der Waals surface area contributed by atoms with E-state index in [1.807, 2.05) is 7.05 Å². The third-order valence-corrected chi connectivity index (χ3v) is 4.19. The lowest BCUT2D eigenvalue weighted by Gasteiger charge is -2.37. The summed E-state index contributed by atoms with van der Waals surface area (Å²) in [6.45, 7) is 11.2. The van der Waals surface area contributed by atoms with Crippen molar-refractivity contribution < 1.29 is 4.74 Å². The minimum atomic E-state index is 0.314. The third-order valence-electron chi connectivity index (χ3n) is 4.19. The molecule has 3 nitrogen and oxygen atoms in total. The molecular weight excluding hydrogens is 212 g/mol. The fourth-order valence-electron chi connectivity index (χ4n) is 2.66. The van der Waals surface area contributed by atoms with Crippen LogP contribution in [0.3, 0.4) is 0 Å². The van der Waals surface area contributed by atoms with Crippen LogP contribution in [0.1, 0.15) is 33.6 Å². The van der Waals surface area contributed by atoms with Gasteiger partial charge in [0.2, 0.25) is 0 Å². The van der Waals surface area contributed by atoms with Crippen molar-refractivity contribution in [3.05, 3.63) is 0 Å². The summed E-state index contributed by atoms with van der Waals surface area (Å²) < 4.78 is 5.41. The monoisotopic (exact) mass is 242 g/mol. The average Bonchev–Trinajstić information content (AvgIpc) is 2.28. The number of rotatable bonds is 6. The first-order chi connectivity index (χ1) is 7.95. The Bertz CT molecular complexity index is 212. The SMILES string of the molecule is CNC(C)C(C)(C)CN(C)CC1CCOCC1. The first-order valence-electron chi connectivity index (χ1n) is 6.89. The van der Waals surface area contributed by atoms with Crippen LogP contribution in [0.4, 0.5) is 0 Å². The Morgan fingerprint density at radius 2 is 1.94 bits per heavy atom. The van der Waals surface area contributed by atoms with Gasteiger partial charge in [-0.1, -0.05) is 13.8 Å². The van der Waals surface area contributed by atoms with Gasteiger partial charge in [-0.15, -0.1) is 0 Å². The summed E-state index contributed by atoms with van der Waals surface area (Å²) in [7, 11) is 4.30. The fourth-order valence-corrected chi connectivity index (χ4v) is 2.66. The van der Waals surface area contributed by atoms with Crippen LogP contribution >= 0.6 is 0 Å². The molecule has 0 aromatic heterocycles. The minimum absolute atomic E-state index is 0.314. The highest BCUT2D eigenvalue weighted by atomic mass is 16.5. The number of hydrogen-bond donors (Lipinski definition) is 1. The molecule has 1 rings (SSSR count). The minimum Gasteiger partial charge on any atom is -0.381 e. The smallest absolute Gasteiger partial charge is 0.0469 e. The van der Waals surface area contributed by atoms with Gasteiger partial charge in [-0.05, 0) is 45.2 Å². The molecule has 0 radical (unpaired) electrons. The molecule has 1 atom stereocenters. The molecule has 0 aliphatic carbocycles. The fraction of sp³-hybridized carbons (Fsp3) is 1.00. The largest absolute Gasteiger partial charge is 0.381 e. The normalized spacial score (nSPS) is 20.8. The van der Waals surface area contributed by atoms with Crippen molar-refractivity contribution >= 4 is 0 Å². The number of ether oxygens (including phenoxy) is 1. The van der Waals surface area contributed by atoms with E-state index in [4.69, 9.17) is 4.74 Å². The lowest BCUT2D eigenvalue weighted by atomic mass is 9.84. The summed E-state index contributed by atoms with van der Waals surface area (Å²) in [5, 5.41) is 3.37. The summed E-state index contributed by atoms with van der Waals surface area (Å²) in [5.74, 6) is 0.828. The van der Waals surface area contributed by atoms with Gasteiger partial charge in [0.25, 0.3) is 0 Å². The van der Waals surface area contributed by atoms with Gasteiger partial charge in [0.1, 0.15) is 0 Å². The second kappa shape index (κ2) is 6.72. The first kappa shape index (κ1) is 14.9. The predicted molar refractivity (Wildman–Crippen MR) is 73.3 cm³/mol. The van der Waals surface area contributed by atoms with E-state index in [0.29, 0.717) is 11.5 Å². The number of nitrogens with one attached hydrogen (secondary N) is 1. The zero-order valence-corrected chi connectivity index (χ0v) is 12.3. The van der Waals surface area contributed by atoms with Crippen LogP contribution in [0.25, 0.3) is 0 Å². The number of hydrogen-bond acceptors (Lipinski definition) is 3. The molecule has 1 aliphatic heterocycles. The standard InChI is InChI=1S/C14H30N2O/c1-12(15-4)14(2,3)11-16(5)10-13-6-8-17-9-7-13/h12-13,15H,6-11H2,1-5H3. The highest BCUT2D eigenvalue weighted by Gasteiger charge is 2.27. The number of nitrogens with zero attached hydrogens (tertiary/aromatic N) is 1. The van der Waals surface area contributed by atoms with Gasteiger partial charge < -0.3 is 15.0 Å². The Morgan fingerprint density at radius 1 is 1.35 bits per heavy atom. The Kier molecular flexibility index (Phi) is 5.90. The Hall–Kier alpha value is -0.120. The van der Waals surface area contributed by atoms with E-state index >= 15 is 0 Å². The maximum Gasteiger partial charge on any atom is 0.0469 e. The molecule has 1 fully saturated rings. The van der Waals surface area contributed by atoms with E-state index in [9.17, 15) is 0 Å². The molecule has 0 amide bonds. The van der Waals surface area contributed by atoms with E-state index in [0.717, 1.165) is 25.7 Å². The molecule has 1 heterocycles. The summed E-state index contributed by atoms with van der Waals surface area (Å²) in [4.78, 5) is 2.49. The van der Waals surface area contributed by atoms with Crippen molar-refractivity contribution in [2.45, 2.75) is 39.7 Å². The molecule has 0 spiro atoms. The van der Waals surface area contributed by atoms with Gasteiger partial charge in [0.05, 0.1) is 0 Å². The van der Waals surface area contributed by atoms with Crippen LogP contribution in [-0.4, -0.2) is 51.3 Å². The van der Waals surface area contributed by atoms with E-state index in [-0.39, 0.29) is 0 Å². The van der Waals surface area contributed by atoms with Crippen LogP contribution in [0.15, 0.2) is 0 Å². The zero-order valence-electron chi connectivity index (χ0n) is 12.3. The zero-order chi connectivity index (χ0) is 12.9. The predicted octanol–water partition coefficient (Wildman–Crippen LogP) is 1.98. The van der Waals surface area contributed by atoms with E-state index in [1.165, 1.54) is 19.4 Å². The second-order valence-corrected chi connectivity index (χ2v) is 6.25. The summed E-state index contributed by atoms with van der Waals surface area (Å²) in [5.41, 5.74) is 0.314. The third kappa shape index (κ3) is 4.94. The molecule has 1 unspecified atom stereocenters. The van der Waals surface area contributed by atoms with Crippen LogP contribution in [0.5, 0.6) is 0 Å². The van der Waals surface area contributed by atoms with Gasteiger partial charge in [-0.2, -0.15) is 0 Å². The van der Waals surface area contributed by atoms with E-state index in [2.05, 4.69) is 38.0 Å². The van der Waals surface area contributed by atoms with Crippen LogP contribution in [0, 0.1) is 11.3 Å². The summed E-state index contributed by atoms with van der Waals surface area (Å²) in [6.07, 6.45) is 2.46. The summed E-state index contributed by atoms with van der Waals surface area (Å²) in [6, 6.07) is 0.541. The van der Waals surface area contributed by atoms with E-state index < -0.39 is 0 Å². The Balaban J connectivity index is 2.34. The van der Waals surface area contributed by atoms with Crippen molar-refractivity contribution in [3.63, 3.8) is 0 Å². The van der Waals surface area contributed by atoms with Crippen LogP contribution in [-0.2, 0) is 4.74 Å². The van der Waals surface area contributed by atoms with Crippen LogP contribution < -0.4 is 5.32 Å². The van der Waals surface area contributed by atoms with Gasteiger partial charge >= 0.3 is 0 Å². The second-order valence-electron chi connectivity index (χ2n) is 6.25. The molecule has 102 valence electrons. The quantitative estimate of drug-likeness (QED) is 0.771. The summed E-state index contributed by atoms with van der Waals surface area (Å²) >= 11 is 0. The molecule has 1 aliphatic rings. The van der Waals surface area contributed by atoms with Gasteiger partial charge in [0.15, 0.2) is 0 Å². The van der Waals surface area contributed by atoms with Crippen molar-refractivity contribution in [3.8, 4) is 0 Å². The molecule has 3 heteroatoms. The van der Waals surface area contributed by atoms with Gasteiger partial charge in [0, 0.05) is 32.3 Å². The molecule has 0 aromatic carbocycles. The lowest BCUT2D eigenvalue weighted by Crippen LogP contribution is -2.45. The molecule has 1 N–H and O–H groups in total. The molecule has 17 heavy (non-hydrogen) atoms. The van der Waals surface area contributed by atoms with Crippen LogP contribution in [0.2, 0.25) is 0 Å². The molecule has 1 saturated heterocycles. The highest BCUT2D eigenvalue weighted by Crippen LogP contribution is 2.23. The van der Waals surface area contributed by atoms with Crippen molar-refractivity contribution in [1.82, 2.24) is 10.2 Å². The first-order valence-corrected chi connectivity index (χ1v) is 6.89. The topological polar surface area (TPSA) is 24.5 Å². The lowest BCUT2D eigenvalue weighted by molar-refractivity contribution is 0.0494. The maximum atomic E-state index is 5.41. The van der Waals surface area contributed by atoms with Gasteiger partial charge in [-0.3, -0.25) is 0 Å². The van der Waals surface area contributed by atoms with Gasteiger partial charge in [-0.25, -0.2) is 0 Å². The average molecular weight is 242 g/mol. The Labute approximate surface area is 107 Å². The van der Waals surface area contributed by atoms with Crippen molar-refractivity contribution in [1.29, 1.82) is 0 Å².